The number of ether oxygens (including phenoxy) is 1. The van der Waals surface area contributed by atoms with Crippen LogP contribution in [0, 0.1) is 0 Å². The molecule has 0 aromatic heterocycles. The lowest BCUT2D eigenvalue weighted by Gasteiger charge is -2.30. The average Bonchev–Trinajstić information content (AvgIpc) is 3.01. The van der Waals surface area contributed by atoms with Gasteiger partial charge in [-0.2, -0.15) is 0 Å². The second kappa shape index (κ2) is 7.29. The van der Waals surface area contributed by atoms with E-state index in [4.69, 9.17) is 9.84 Å². The van der Waals surface area contributed by atoms with Crippen molar-refractivity contribution >= 4 is 11.9 Å². The number of carboxylic acids is 1. The van der Waals surface area contributed by atoms with E-state index in [2.05, 4.69) is 11.4 Å². The Kier molecular flexibility index (Phi) is 5.41. The molecule has 0 atom stereocenters. The summed E-state index contributed by atoms with van der Waals surface area (Å²) >= 11 is 0. The maximum Gasteiger partial charge on any atom is 0.303 e. The summed E-state index contributed by atoms with van der Waals surface area (Å²) in [6, 6.07) is 8.00. The van der Waals surface area contributed by atoms with Crippen LogP contribution in [0.2, 0.25) is 0 Å². The largest absolute Gasteiger partial charge is 0.497 e. The molecule has 1 saturated carbocycles. The number of benzene rings is 1. The van der Waals surface area contributed by atoms with Gasteiger partial charge >= 0.3 is 5.97 Å². The maximum absolute atomic E-state index is 11.8. The predicted molar refractivity (Wildman–Crippen MR) is 83.0 cm³/mol. The lowest BCUT2D eigenvalue weighted by atomic mass is 9.78. The molecular weight excluding hydrogens is 282 g/mol. The predicted octanol–water partition coefficient (Wildman–Crippen LogP) is 2.49. The number of carbonyl (C=O) groups is 2. The molecule has 2 rings (SSSR count). The van der Waals surface area contributed by atoms with Crippen LogP contribution in [0.1, 0.15) is 44.1 Å². The number of carbonyl (C=O) groups excluding carboxylic acids is 1. The van der Waals surface area contributed by atoms with Crippen LogP contribution in [0.25, 0.3) is 0 Å². The van der Waals surface area contributed by atoms with Gasteiger partial charge in [0, 0.05) is 18.4 Å². The monoisotopic (exact) mass is 305 g/mol. The second-order valence-corrected chi connectivity index (χ2v) is 5.89. The molecule has 1 amide bonds. The highest BCUT2D eigenvalue weighted by Crippen LogP contribution is 2.41. The van der Waals surface area contributed by atoms with Gasteiger partial charge in [-0.05, 0) is 30.5 Å². The molecule has 5 nitrogen and oxygen atoms in total. The van der Waals surface area contributed by atoms with Crippen LogP contribution < -0.4 is 10.1 Å². The number of hydrogen-bond donors (Lipinski definition) is 2. The van der Waals surface area contributed by atoms with Crippen LogP contribution in [0.15, 0.2) is 24.3 Å². The summed E-state index contributed by atoms with van der Waals surface area (Å²) in [5, 5.41) is 11.5. The fourth-order valence-electron chi connectivity index (χ4n) is 3.15. The topological polar surface area (TPSA) is 75.6 Å². The number of aliphatic carboxylic acids is 1. The number of nitrogens with one attached hydrogen (secondary N) is 1. The number of hydrogen-bond acceptors (Lipinski definition) is 3. The first-order chi connectivity index (χ1) is 10.6. The van der Waals surface area contributed by atoms with Gasteiger partial charge in [-0.1, -0.05) is 25.0 Å². The van der Waals surface area contributed by atoms with E-state index in [0.29, 0.717) is 6.54 Å². The zero-order valence-electron chi connectivity index (χ0n) is 12.9. The first-order valence-electron chi connectivity index (χ1n) is 7.69. The van der Waals surface area contributed by atoms with Gasteiger partial charge in [0.25, 0.3) is 0 Å². The third-order valence-electron chi connectivity index (χ3n) is 4.43. The van der Waals surface area contributed by atoms with Crippen molar-refractivity contribution in [3.8, 4) is 5.75 Å². The number of amides is 1. The van der Waals surface area contributed by atoms with Gasteiger partial charge in [0.1, 0.15) is 5.75 Å². The standard InChI is InChI=1S/C17H23NO4/c1-22-14-6-4-5-13(11-14)17(9-2-3-10-17)12-18-15(19)7-8-16(20)21/h4-6,11H,2-3,7-10,12H2,1H3,(H,18,19)(H,20,21). The quantitative estimate of drug-likeness (QED) is 0.811. The third kappa shape index (κ3) is 4.00. The minimum atomic E-state index is -0.946. The van der Waals surface area contributed by atoms with Crippen molar-refractivity contribution < 1.29 is 19.4 Å². The molecule has 1 aliphatic rings. The van der Waals surface area contributed by atoms with Crippen molar-refractivity contribution in [2.75, 3.05) is 13.7 Å². The summed E-state index contributed by atoms with van der Waals surface area (Å²) in [7, 11) is 1.65. The van der Waals surface area contributed by atoms with E-state index in [0.717, 1.165) is 31.4 Å². The second-order valence-electron chi connectivity index (χ2n) is 5.89. The molecule has 1 aromatic rings. The van der Waals surface area contributed by atoms with Gasteiger partial charge in [-0.3, -0.25) is 9.59 Å². The minimum absolute atomic E-state index is 0.0313. The van der Waals surface area contributed by atoms with Gasteiger partial charge in [-0.15, -0.1) is 0 Å². The first kappa shape index (κ1) is 16.3. The van der Waals surface area contributed by atoms with E-state index in [1.807, 2.05) is 18.2 Å². The zero-order chi connectivity index (χ0) is 16.0. The normalized spacial score (nSPS) is 16.2. The van der Waals surface area contributed by atoms with Gasteiger partial charge in [0.2, 0.25) is 5.91 Å². The zero-order valence-corrected chi connectivity index (χ0v) is 12.9. The van der Waals surface area contributed by atoms with E-state index < -0.39 is 5.97 Å². The Balaban J connectivity index is 2.05. The Labute approximate surface area is 130 Å². The van der Waals surface area contributed by atoms with Crippen molar-refractivity contribution in [3.63, 3.8) is 0 Å². The minimum Gasteiger partial charge on any atom is -0.497 e. The summed E-state index contributed by atoms with van der Waals surface area (Å²) in [6.45, 7) is 0.554. The number of methoxy groups -OCH3 is 1. The number of rotatable bonds is 7. The fourth-order valence-corrected chi connectivity index (χ4v) is 3.15. The van der Waals surface area contributed by atoms with Crippen LogP contribution >= 0.6 is 0 Å². The first-order valence-corrected chi connectivity index (χ1v) is 7.69. The smallest absolute Gasteiger partial charge is 0.303 e. The van der Waals surface area contributed by atoms with Gasteiger partial charge in [0.15, 0.2) is 0 Å². The fraction of sp³-hybridized carbons (Fsp3) is 0.529. The Morgan fingerprint density at radius 2 is 2.00 bits per heavy atom. The van der Waals surface area contributed by atoms with Gasteiger partial charge in [0.05, 0.1) is 13.5 Å². The summed E-state index contributed by atoms with van der Waals surface area (Å²) in [5.74, 6) is -0.323. The molecule has 1 fully saturated rings. The molecule has 0 heterocycles. The van der Waals surface area contributed by atoms with Gasteiger partial charge in [-0.25, -0.2) is 0 Å². The van der Waals surface area contributed by atoms with E-state index in [1.165, 1.54) is 5.56 Å². The summed E-state index contributed by atoms with van der Waals surface area (Å²) in [6.07, 6.45) is 4.24. The van der Waals surface area contributed by atoms with E-state index >= 15 is 0 Å². The molecule has 1 aromatic carbocycles. The highest BCUT2D eigenvalue weighted by molar-refractivity contribution is 5.80. The van der Waals surface area contributed by atoms with Crippen molar-refractivity contribution in [2.45, 2.75) is 43.9 Å². The molecule has 0 aliphatic heterocycles. The molecule has 1 aliphatic carbocycles. The van der Waals surface area contributed by atoms with Crippen molar-refractivity contribution in [1.29, 1.82) is 0 Å². The molecule has 2 N–H and O–H groups in total. The summed E-state index contributed by atoms with van der Waals surface area (Å²) < 4.78 is 5.30. The molecule has 5 heteroatoms. The molecule has 0 spiro atoms. The molecule has 0 saturated heterocycles. The van der Waals surface area contributed by atoms with E-state index in [1.54, 1.807) is 7.11 Å². The third-order valence-corrected chi connectivity index (χ3v) is 4.43. The van der Waals surface area contributed by atoms with Crippen LogP contribution in [0.5, 0.6) is 5.75 Å². The highest BCUT2D eigenvalue weighted by Gasteiger charge is 2.36. The van der Waals surface area contributed by atoms with Crippen LogP contribution in [-0.4, -0.2) is 30.6 Å². The average molecular weight is 305 g/mol. The summed E-state index contributed by atoms with van der Waals surface area (Å²) in [4.78, 5) is 22.3. The highest BCUT2D eigenvalue weighted by atomic mass is 16.5. The Bertz CT molecular complexity index is 535. The Morgan fingerprint density at radius 3 is 2.64 bits per heavy atom. The van der Waals surface area contributed by atoms with Crippen molar-refractivity contribution in [3.05, 3.63) is 29.8 Å². The van der Waals surface area contributed by atoms with Crippen molar-refractivity contribution in [1.82, 2.24) is 5.32 Å². The molecule has 0 bridgehead atoms. The molecule has 0 unspecified atom stereocenters. The van der Waals surface area contributed by atoms with Crippen LogP contribution in [0.3, 0.4) is 0 Å². The van der Waals surface area contributed by atoms with E-state index in [9.17, 15) is 9.59 Å². The van der Waals surface area contributed by atoms with Crippen LogP contribution in [0.4, 0.5) is 0 Å². The lowest BCUT2D eigenvalue weighted by Crippen LogP contribution is -2.39. The van der Waals surface area contributed by atoms with Gasteiger partial charge < -0.3 is 15.2 Å². The Morgan fingerprint density at radius 1 is 1.27 bits per heavy atom. The summed E-state index contributed by atoms with van der Waals surface area (Å²) in [5.41, 5.74) is 1.12. The molecule has 22 heavy (non-hydrogen) atoms. The SMILES string of the molecule is COc1cccc(C2(CNC(=O)CCC(=O)O)CCCC2)c1. The maximum atomic E-state index is 11.8. The van der Waals surface area contributed by atoms with E-state index in [-0.39, 0.29) is 24.2 Å². The van der Waals surface area contributed by atoms with Crippen molar-refractivity contribution in [2.24, 2.45) is 0 Å². The lowest BCUT2D eigenvalue weighted by molar-refractivity contribution is -0.138. The number of carboxylic acid groups (broad SMARTS) is 1. The molecular formula is C17H23NO4. The Hall–Kier alpha value is -2.04. The molecule has 0 radical (unpaired) electrons. The van der Waals surface area contributed by atoms with Crippen LogP contribution in [-0.2, 0) is 15.0 Å². The molecule has 120 valence electrons.